The molecule has 1 N–H and O–H groups in total. The number of rotatable bonds is 7. The molecule has 0 radical (unpaired) electrons. The summed E-state index contributed by atoms with van der Waals surface area (Å²) in [5.41, 5.74) is 1.51. The van der Waals surface area contributed by atoms with Crippen LogP contribution in [0.3, 0.4) is 0 Å². The Morgan fingerprint density at radius 1 is 1.10 bits per heavy atom. The van der Waals surface area contributed by atoms with Crippen molar-refractivity contribution in [3.63, 3.8) is 0 Å². The maximum Gasteiger partial charge on any atom is 0.291 e. The first-order valence-corrected chi connectivity index (χ1v) is 10.1. The van der Waals surface area contributed by atoms with Crippen LogP contribution in [0.4, 0.5) is 10.5 Å². The molecule has 2 aromatic rings. The number of carboxylic acids is 1. The van der Waals surface area contributed by atoms with Gasteiger partial charge < -0.3 is 15.2 Å². The van der Waals surface area contributed by atoms with E-state index in [0.29, 0.717) is 23.6 Å². The van der Waals surface area contributed by atoms with Gasteiger partial charge >= 0.3 is 0 Å². The zero-order valence-corrected chi connectivity index (χ0v) is 16.9. The maximum atomic E-state index is 12.2. The molecule has 3 rings (SSSR count). The van der Waals surface area contributed by atoms with Crippen molar-refractivity contribution in [2.75, 3.05) is 11.9 Å². The summed E-state index contributed by atoms with van der Waals surface area (Å²) in [4.78, 5) is 37.8. The van der Waals surface area contributed by atoms with E-state index in [1.807, 2.05) is 36.4 Å². The van der Waals surface area contributed by atoms with E-state index in [2.05, 4.69) is 5.32 Å². The van der Waals surface area contributed by atoms with Gasteiger partial charge in [-0.25, -0.2) is 0 Å². The van der Waals surface area contributed by atoms with Crippen molar-refractivity contribution in [2.45, 2.75) is 12.8 Å². The van der Waals surface area contributed by atoms with E-state index in [1.165, 1.54) is 29.2 Å². The monoisotopic (exact) mass is 425 g/mol. The number of thiocarbonyl (C=S) groups is 1. The number of carbonyl (C=O) groups is 3. The van der Waals surface area contributed by atoms with Crippen LogP contribution in [0.15, 0.2) is 59.5 Å². The predicted molar refractivity (Wildman–Crippen MR) is 115 cm³/mol. The van der Waals surface area contributed by atoms with Crippen molar-refractivity contribution in [2.24, 2.45) is 0 Å². The van der Waals surface area contributed by atoms with Crippen molar-refractivity contribution in [1.82, 2.24) is 4.90 Å². The van der Waals surface area contributed by atoms with Gasteiger partial charge in [0, 0.05) is 18.7 Å². The predicted octanol–water partition coefficient (Wildman–Crippen LogP) is 3.31. The molecule has 0 saturated carbocycles. The number of carboxylic acid groups (broad SMARTS) is 1. The Balaban J connectivity index is 1.50. The van der Waals surface area contributed by atoms with Gasteiger partial charge in [-0.1, -0.05) is 54.7 Å². The summed E-state index contributed by atoms with van der Waals surface area (Å²) in [6.45, 7) is 0.355. The Labute approximate surface area is 177 Å². The third kappa shape index (κ3) is 5.52. The zero-order valence-electron chi connectivity index (χ0n) is 15.3. The first kappa shape index (κ1) is 20.8. The summed E-state index contributed by atoms with van der Waals surface area (Å²) in [6, 6.07) is 15.4. The lowest BCUT2D eigenvalue weighted by molar-refractivity contribution is -0.255. The molecule has 1 fully saturated rings. The highest BCUT2D eigenvalue weighted by atomic mass is 32.2. The second-order valence-corrected chi connectivity index (χ2v) is 7.64. The minimum absolute atomic E-state index is 0.0425. The number of nitrogens with zero attached hydrogens (tertiary/aromatic N) is 1. The average Bonchev–Trinajstić information content (AvgIpc) is 2.96. The van der Waals surface area contributed by atoms with Crippen LogP contribution in [-0.4, -0.2) is 33.5 Å². The van der Waals surface area contributed by atoms with Crippen molar-refractivity contribution in [1.29, 1.82) is 0 Å². The van der Waals surface area contributed by atoms with E-state index >= 15 is 0 Å². The van der Waals surface area contributed by atoms with Crippen LogP contribution in [-0.2, 0) is 4.79 Å². The van der Waals surface area contributed by atoms with Crippen LogP contribution in [0, 0.1) is 0 Å². The lowest BCUT2D eigenvalue weighted by Crippen LogP contribution is -2.28. The van der Waals surface area contributed by atoms with Crippen LogP contribution < -0.4 is 10.4 Å². The Bertz CT molecular complexity index is 972. The molecule has 6 nitrogen and oxygen atoms in total. The molecular weight excluding hydrogens is 408 g/mol. The summed E-state index contributed by atoms with van der Waals surface area (Å²) < 4.78 is 0. The molecule has 0 aliphatic carbocycles. The molecule has 0 bridgehead atoms. The van der Waals surface area contributed by atoms with Crippen LogP contribution >= 0.6 is 24.0 Å². The largest absolute Gasteiger partial charge is 0.545 e. The smallest absolute Gasteiger partial charge is 0.291 e. The van der Waals surface area contributed by atoms with Crippen molar-refractivity contribution in [3.05, 3.63) is 70.6 Å². The molecule has 148 valence electrons. The number of benzene rings is 2. The second kappa shape index (κ2) is 9.49. The molecule has 0 spiro atoms. The second-order valence-electron chi connectivity index (χ2n) is 6.26. The molecule has 8 heteroatoms. The molecule has 0 aromatic heterocycles. The fourth-order valence-corrected chi connectivity index (χ4v) is 3.99. The third-order valence-electron chi connectivity index (χ3n) is 4.16. The zero-order chi connectivity index (χ0) is 20.8. The number of anilines is 1. The molecule has 2 amide bonds. The Kier molecular flexibility index (Phi) is 6.79. The van der Waals surface area contributed by atoms with Gasteiger partial charge in [-0.2, -0.15) is 0 Å². The highest BCUT2D eigenvalue weighted by molar-refractivity contribution is 8.19. The minimum atomic E-state index is -1.27. The topological polar surface area (TPSA) is 89.5 Å². The van der Waals surface area contributed by atoms with Gasteiger partial charge in [-0.3, -0.25) is 14.5 Å². The van der Waals surface area contributed by atoms with Gasteiger partial charge in [-0.15, -0.1) is 0 Å². The molecule has 1 aliphatic heterocycles. The molecule has 1 aliphatic rings. The minimum Gasteiger partial charge on any atom is -0.545 e. The van der Waals surface area contributed by atoms with E-state index in [-0.39, 0.29) is 23.1 Å². The summed E-state index contributed by atoms with van der Waals surface area (Å²) in [5.74, 6) is -1.50. The van der Waals surface area contributed by atoms with Crippen LogP contribution in [0.25, 0.3) is 6.08 Å². The first-order chi connectivity index (χ1) is 13.9. The molecule has 0 unspecified atom stereocenters. The van der Waals surface area contributed by atoms with E-state index in [0.717, 1.165) is 22.2 Å². The van der Waals surface area contributed by atoms with Gasteiger partial charge in [-0.05, 0) is 47.5 Å². The first-order valence-electron chi connectivity index (χ1n) is 8.86. The average molecular weight is 426 g/mol. The number of thioether (sulfide) groups is 1. The van der Waals surface area contributed by atoms with E-state index < -0.39 is 5.97 Å². The number of amides is 2. The van der Waals surface area contributed by atoms with Crippen molar-refractivity contribution < 1.29 is 19.5 Å². The number of aromatic carboxylic acids is 1. The normalized spacial score (nSPS) is 15.0. The molecule has 1 saturated heterocycles. The summed E-state index contributed by atoms with van der Waals surface area (Å²) in [6.07, 6.45) is 2.54. The Morgan fingerprint density at radius 3 is 2.45 bits per heavy atom. The molecule has 29 heavy (non-hydrogen) atoms. The fraction of sp³-hybridized carbons (Fsp3) is 0.143. The summed E-state index contributed by atoms with van der Waals surface area (Å²) >= 11 is 6.51. The SMILES string of the molecule is O=C(CCCN1C(=O)S/C(=C\c2ccccc2)C1=S)Nc1ccc(C(=O)[O-])cc1. The van der Waals surface area contributed by atoms with E-state index in [1.54, 1.807) is 0 Å². The maximum absolute atomic E-state index is 12.2. The number of nitrogens with one attached hydrogen (secondary N) is 1. The Hall–Kier alpha value is -2.97. The molecule has 0 atom stereocenters. The lowest BCUT2D eigenvalue weighted by atomic mass is 10.2. The van der Waals surface area contributed by atoms with E-state index in [9.17, 15) is 19.5 Å². The summed E-state index contributed by atoms with van der Waals surface area (Å²) in [7, 11) is 0. The number of hydrogen-bond acceptors (Lipinski definition) is 6. The third-order valence-corrected chi connectivity index (χ3v) is 5.66. The molecule has 1 heterocycles. The van der Waals surface area contributed by atoms with Gasteiger partial charge in [0.2, 0.25) is 5.91 Å². The highest BCUT2D eigenvalue weighted by Gasteiger charge is 2.31. The standard InChI is InChI=1S/C21H18N2O4S2/c24-18(22-16-10-8-15(9-11-16)20(25)26)7-4-12-23-19(28)17(29-21(23)27)13-14-5-2-1-3-6-14/h1-3,5-6,8-11,13H,4,7,12H2,(H,22,24)(H,25,26)/p-1/b17-13-. The molecule has 2 aromatic carbocycles. The quantitative estimate of drug-likeness (QED) is 0.541. The van der Waals surface area contributed by atoms with Crippen LogP contribution in [0.5, 0.6) is 0 Å². The highest BCUT2D eigenvalue weighted by Crippen LogP contribution is 2.33. The van der Waals surface area contributed by atoms with Gasteiger partial charge in [0.25, 0.3) is 5.24 Å². The van der Waals surface area contributed by atoms with E-state index in [4.69, 9.17) is 12.2 Å². The number of hydrogen-bond donors (Lipinski definition) is 1. The summed E-state index contributed by atoms with van der Waals surface area (Å²) in [5, 5.41) is 13.3. The number of carbonyl (C=O) groups excluding carboxylic acids is 3. The van der Waals surface area contributed by atoms with Crippen LogP contribution in [0.2, 0.25) is 0 Å². The van der Waals surface area contributed by atoms with Crippen molar-refractivity contribution >= 4 is 57.8 Å². The fourth-order valence-electron chi connectivity index (χ4n) is 2.70. The van der Waals surface area contributed by atoms with Crippen molar-refractivity contribution in [3.8, 4) is 0 Å². The van der Waals surface area contributed by atoms with Crippen LogP contribution in [0.1, 0.15) is 28.8 Å². The molecular formula is C21H17N2O4S2-. The lowest BCUT2D eigenvalue weighted by Gasteiger charge is -2.14. The van der Waals surface area contributed by atoms with Gasteiger partial charge in [0.1, 0.15) is 4.99 Å². The van der Waals surface area contributed by atoms with Gasteiger partial charge in [0.15, 0.2) is 0 Å². The Morgan fingerprint density at radius 2 is 1.79 bits per heavy atom. The van der Waals surface area contributed by atoms with Gasteiger partial charge in [0.05, 0.1) is 10.9 Å².